The lowest BCUT2D eigenvalue weighted by atomic mass is 9.84. The van der Waals surface area contributed by atoms with Crippen molar-refractivity contribution in [3.63, 3.8) is 0 Å². The number of allylic oxidation sites excluding steroid dienone is 1. The third-order valence-electron chi connectivity index (χ3n) is 2.26. The van der Waals surface area contributed by atoms with Crippen LogP contribution in [0.4, 0.5) is 13.2 Å². The molecular formula is C8H9F3O5S. The smallest absolute Gasteiger partial charge is 0.478 e. The van der Waals surface area contributed by atoms with E-state index in [0.717, 1.165) is 0 Å². The van der Waals surface area contributed by atoms with Crippen molar-refractivity contribution in [2.75, 3.05) is 0 Å². The highest BCUT2D eigenvalue weighted by molar-refractivity contribution is 7.87. The van der Waals surface area contributed by atoms with Crippen LogP contribution in [0, 0.1) is 5.92 Å². The molecule has 5 nitrogen and oxygen atoms in total. The van der Waals surface area contributed by atoms with Gasteiger partial charge in [0.05, 0.1) is 6.08 Å². The van der Waals surface area contributed by atoms with Gasteiger partial charge in [-0.1, -0.05) is 6.42 Å². The van der Waals surface area contributed by atoms with E-state index in [0.29, 0.717) is 25.3 Å². The number of rotatable bonds is 4. The third kappa shape index (κ3) is 3.35. The van der Waals surface area contributed by atoms with Crippen LogP contribution in [0.2, 0.25) is 0 Å². The quantitative estimate of drug-likeness (QED) is 0.364. The van der Waals surface area contributed by atoms with E-state index in [-0.39, 0.29) is 0 Å². The average molecular weight is 274 g/mol. The molecule has 0 atom stereocenters. The molecule has 0 unspecified atom stereocenters. The molecule has 98 valence electrons. The molecule has 0 bridgehead atoms. The van der Waals surface area contributed by atoms with Crippen LogP contribution in [0.1, 0.15) is 19.3 Å². The summed E-state index contributed by atoms with van der Waals surface area (Å²) in [6.45, 7) is 0. The first-order valence-corrected chi connectivity index (χ1v) is 5.99. The minimum atomic E-state index is -5.80. The molecule has 0 saturated heterocycles. The van der Waals surface area contributed by atoms with Crippen molar-refractivity contribution in [1.82, 2.24) is 0 Å². The maximum absolute atomic E-state index is 12.0. The van der Waals surface area contributed by atoms with Crippen LogP contribution in [0.15, 0.2) is 11.8 Å². The molecule has 0 aromatic carbocycles. The van der Waals surface area contributed by atoms with Crippen molar-refractivity contribution in [2.45, 2.75) is 24.8 Å². The Bertz CT molecular complexity index is 433. The fourth-order valence-corrected chi connectivity index (χ4v) is 1.73. The highest BCUT2D eigenvalue weighted by Gasteiger charge is 2.49. The molecule has 0 aromatic rings. The van der Waals surface area contributed by atoms with E-state index in [2.05, 4.69) is 4.18 Å². The molecule has 1 rings (SSSR count). The van der Waals surface area contributed by atoms with Crippen LogP contribution in [-0.2, 0) is 19.1 Å². The highest BCUT2D eigenvalue weighted by Crippen LogP contribution is 2.37. The molecular weight excluding hydrogens is 265 g/mol. The standard InChI is InChI=1S/C8H9F3O5S/c9-8(10,11)17(14,15)16-6(4-7(12)13)5-2-1-3-5/h4-5H,1-3H2,(H,12,13)/b6-4-. The molecule has 1 fully saturated rings. The summed E-state index contributed by atoms with van der Waals surface area (Å²) in [4.78, 5) is 10.4. The van der Waals surface area contributed by atoms with Gasteiger partial charge >= 0.3 is 21.6 Å². The lowest BCUT2D eigenvalue weighted by Gasteiger charge is -2.27. The molecule has 17 heavy (non-hydrogen) atoms. The molecule has 0 aliphatic heterocycles. The van der Waals surface area contributed by atoms with Gasteiger partial charge in [-0.15, -0.1) is 0 Å². The van der Waals surface area contributed by atoms with Gasteiger partial charge in [-0.25, -0.2) is 4.79 Å². The summed E-state index contributed by atoms with van der Waals surface area (Å²) >= 11 is 0. The zero-order chi connectivity index (χ0) is 13.3. The number of hydrogen-bond acceptors (Lipinski definition) is 4. The molecule has 1 aliphatic rings. The molecule has 0 aromatic heterocycles. The van der Waals surface area contributed by atoms with Crippen LogP contribution in [0.3, 0.4) is 0 Å². The second-order valence-corrected chi connectivity index (χ2v) is 5.03. The summed E-state index contributed by atoms with van der Waals surface area (Å²) in [5, 5.41) is 8.42. The largest absolute Gasteiger partial charge is 0.534 e. The van der Waals surface area contributed by atoms with Crippen LogP contribution < -0.4 is 0 Å². The first kappa shape index (κ1) is 13.8. The Kier molecular flexibility index (Phi) is 3.70. The maximum atomic E-state index is 12.0. The van der Waals surface area contributed by atoms with Gasteiger partial charge in [0, 0.05) is 5.92 Å². The van der Waals surface area contributed by atoms with E-state index in [4.69, 9.17) is 5.11 Å². The van der Waals surface area contributed by atoms with E-state index in [9.17, 15) is 26.4 Å². The van der Waals surface area contributed by atoms with Crippen molar-refractivity contribution in [2.24, 2.45) is 5.92 Å². The SMILES string of the molecule is O=C(O)/C=C(\OS(=O)(=O)C(F)(F)F)C1CCC1. The van der Waals surface area contributed by atoms with E-state index < -0.39 is 33.3 Å². The van der Waals surface area contributed by atoms with Gasteiger partial charge in [0.25, 0.3) is 0 Å². The Labute approximate surface area is 95.0 Å². The molecule has 1 aliphatic carbocycles. The van der Waals surface area contributed by atoms with Gasteiger partial charge in [0.2, 0.25) is 0 Å². The van der Waals surface area contributed by atoms with Gasteiger partial charge in [-0.05, 0) is 12.8 Å². The first-order chi connectivity index (χ1) is 7.63. The van der Waals surface area contributed by atoms with Crippen LogP contribution in [0.25, 0.3) is 0 Å². The zero-order valence-electron chi connectivity index (χ0n) is 8.40. The molecule has 0 heterocycles. The van der Waals surface area contributed by atoms with Gasteiger partial charge in [0.15, 0.2) is 0 Å². The van der Waals surface area contributed by atoms with Crippen molar-refractivity contribution >= 4 is 16.1 Å². The number of carbonyl (C=O) groups is 1. The number of aliphatic carboxylic acids is 1. The fraction of sp³-hybridized carbons (Fsp3) is 0.625. The van der Waals surface area contributed by atoms with E-state index >= 15 is 0 Å². The predicted octanol–water partition coefficient (Wildman–Crippen LogP) is 1.62. The van der Waals surface area contributed by atoms with E-state index in [1.54, 1.807) is 0 Å². The molecule has 0 radical (unpaired) electrons. The minimum Gasteiger partial charge on any atom is -0.478 e. The van der Waals surface area contributed by atoms with Crippen molar-refractivity contribution in [3.05, 3.63) is 11.8 Å². The van der Waals surface area contributed by atoms with Gasteiger partial charge < -0.3 is 9.29 Å². The maximum Gasteiger partial charge on any atom is 0.534 e. The zero-order valence-corrected chi connectivity index (χ0v) is 9.21. The second kappa shape index (κ2) is 4.55. The summed E-state index contributed by atoms with van der Waals surface area (Å²) in [6.07, 6.45) is 1.86. The fourth-order valence-electron chi connectivity index (χ4n) is 1.20. The Morgan fingerprint density at radius 1 is 1.35 bits per heavy atom. The Morgan fingerprint density at radius 3 is 2.18 bits per heavy atom. The summed E-state index contributed by atoms with van der Waals surface area (Å²) in [7, 11) is -5.80. The second-order valence-electron chi connectivity index (χ2n) is 3.50. The van der Waals surface area contributed by atoms with Crippen LogP contribution in [-0.4, -0.2) is 25.0 Å². The monoisotopic (exact) mass is 274 g/mol. The summed E-state index contributed by atoms with van der Waals surface area (Å²) in [5.74, 6) is -2.80. The normalized spacial score (nSPS) is 18.6. The molecule has 0 amide bonds. The Balaban J connectivity index is 2.91. The number of carboxylic acid groups (broad SMARTS) is 1. The van der Waals surface area contributed by atoms with Gasteiger partial charge in [-0.3, -0.25) is 0 Å². The number of hydrogen-bond donors (Lipinski definition) is 1. The first-order valence-electron chi connectivity index (χ1n) is 4.59. The predicted molar refractivity (Wildman–Crippen MR) is 49.1 cm³/mol. The number of carboxylic acids is 1. The lowest BCUT2D eigenvalue weighted by molar-refractivity contribution is -0.131. The van der Waals surface area contributed by atoms with E-state index in [1.165, 1.54) is 0 Å². The molecule has 0 spiro atoms. The third-order valence-corrected chi connectivity index (χ3v) is 3.24. The Hall–Kier alpha value is -1.25. The minimum absolute atomic E-state index is 0.354. The topological polar surface area (TPSA) is 80.7 Å². The summed E-state index contributed by atoms with van der Waals surface area (Å²) < 4.78 is 61.3. The highest BCUT2D eigenvalue weighted by atomic mass is 32.2. The average Bonchev–Trinajstić information content (AvgIpc) is 1.94. The van der Waals surface area contributed by atoms with Crippen molar-refractivity contribution in [1.29, 1.82) is 0 Å². The molecule has 1 N–H and O–H groups in total. The summed E-state index contributed by atoms with van der Waals surface area (Å²) in [5.41, 5.74) is -5.56. The molecule has 1 saturated carbocycles. The lowest BCUT2D eigenvalue weighted by Crippen LogP contribution is -2.28. The number of halogens is 3. The Morgan fingerprint density at radius 2 is 1.88 bits per heavy atom. The number of alkyl halides is 3. The van der Waals surface area contributed by atoms with Crippen LogP contribution in [0.5, 0.6) is 0 Å². The van der Waals surface area contributed by atoms with Crippen LogP contribution >= 0.6 is 0 Å². The molecule has 9 heteroatoms. The van der Waals surface area contributed by atoms with Crippen molar-refractivity contribution in [3.8, 4) is 0 Å². The van der Waals surface area contributed by atoms with E-state index in [1.807, 2.05) is 0 Å². The summed E-state index contributed by atoms with van der Waals surface area (Å²) in [6, 6.07) is 0. The van der Waals surface area contributed by atoms with Gasteiger partial charge in [0.1, 0.15) is 5.76 Å². The van der Waals surface area contributed by atoms with Crippen molar-refractivity contribution < 1.29 is 35.7 Å². The van der Waals surface area contributed by atoms with Gasteiger partial charge in [-0.2, -0.15) is 21.6 Å².